The van der Waals surface area contributed by atoms with Crippen molar-refractivity contribution in [3.8, 4) is 17.0 Å². The van der Waals surface area contributed by atoms with E-state index in [2.05, 4.69) is 15.7 Å². The molecule has 2 aromatic carbocycles. The van der Waals surface area contributed by atoms with Crippen molar-refractivity contribution >= 4 is 17.6 Å². The fourth-order valence-corrected chi connectivity index (χ4v) is 4.13. The van der Waals surface area contributed by atoms with E-state index in [0.717, 1.165) is 36.9 Å². The summed E-state index contributed by atoms with van der Waals surface area (Å²) in [6.07, 6.45) is 4.48. The number of nitrogens with zero attached hydrogens (tertiary/aromatic N) is 2. The summed E-state index contributed by atoms with van der Waals surface area (Å²) in [5.41, 5.74) is 3.05. The summed E-state index contributed by atoms with van der Waals surface area (Å²) in [7, 11) is 0. The number of anilines is 1. The average Bonchev–Trinajstić information content (AvgIpc) is 3.48. The number of halogens is 1. The van der Waals surface area contributed by atoms with Crippen LogP contribution in [0.4, 0.5) is 14.9 Å². The van der Waals surface area contributed by atoms with E-state index in [4.69, 9.17) is 0 Å². The summed E-state index contributed by atoms with van der Waals surface area (Å²) in [6, 6.07) is 12.3. The molecule has 0 radical (unpaired) electrons. The Morgan fingerprint density at radius 3 is 2.52 bits per heavy atom. The van der Waals surface area contributed by atoms with Gasteiger partial charge in [-0.05, 0) is 48.7 Å². The highest BCUT2D eigenvalue weighted by Gasteiger charge is 2.26. The van der Waals surface area contributed by atoms with Gasteiger partial charge in [0.15, 0.2) is 0 Å². The van der Waals surface area contributed by atoms with Crippen LogP contribution in [-0.2, 0) is 11.3 Å². The minimum Gasteiger partial charge on any atom is -0.507 e. The van der Waals surface area contributed by atoms with Crippen LogP contribution >= 0.6 is 0 Å². The summed E-state index contributed by atoms with van der Waals surface area (Å²) in [5, 5.41) is 20.7. The average molecular weight is 451 g/mol. The van der Waals surface area contributed by atoms with Crippen LogP contribution in [0.5, 0.6) is 5.75 Å². The number of rotatable bonds is 6. The Balaban J connectivity index is 1.59. The number of amides is 2. The normalized spacial score (nSPS) is 13.8. The molecule has 1 fully saturated rings. The van der Waals surface area contributed by atoms with Crippen molar-refractivity contribution in [2.75, 3.05) is 5.32 Å². The third-order valence-corrected chi connectivity index (χ3v) is 5.94. The molecule has 2 amide bonds. The van der Waals surface area contributed by atoms with Gasteiger partial charge in [-0.1, -0.05) is 31.9 Å². The largest absolute Gasteiger partial charge is 0.507 e. The molecular formula is C25H27FN4O3. The maximum Gasteiger partial charge on any atom is 0.342 e. The fourth-order valence-electron chi connectivity index (χ4n) is 4.13. The maximum atomic E-state index is 13.1. The van der Waals surface area contributed by atoms with Crippen molar-refractivity contribution < 1.29 is 19.1 Å². The number of hydrogen-bond acceptors (Lipinski definition) is 4. The van der Waals surface area contributed by atoms with E-state index >= 15 is 0 Å². The molecule has 4 rings (SSSR count). The molecule has 7 nitrogen and oxygen atoms in total. The number of carbonyl (C=O) groups excluding carboxylic acids is 2. The molecule has 0 spiro atoms. The van der Waals surface area contributed by atoms with Crippen LogP contribution < -0.4 is 10.6 Å². The second-order valence-corrected chi connectivity index (χ2v) is 8.27. The van der Waals surface area contributed by atoms with Gasteiger partial charge in [-0.2, -0.15) is 9.78 Å². The molecule has 0 saturated heterocycles. The lowest BCUT2D eigenvalue weighted by Crippen LogP contribution is -2.30. The van der Waals surface area contributed by atoms with Crippen LogP contribution in [0.3, 0.4) is 0 Å². The Kier molecular flexibility index (Phi) is 6.72. The highest BCUT2D eigenvalue weighted by atomic mass is 19.1. The molecule has 3 aromatic rings. The van der Waals surface area contributed by atoms with Gasteiger partial charge in [-0.15, -0.1) is 0 Å². The van der Waals surface area contributed by atoms with Gasteiger partial charge in [0.2, 0.25) is 5.91 Å². The van der Waals surface area contributed by atoms with Gasteiger partial charge in [-0.25, -0.2) is 9.18 Å². The number of hydrogen-bond donors (Lipinski definition) is 3. The molecule has 172 valence electrons. The molecule has 33 heavy (non-hydrogen) atoms. The topological polar surface area (TPSA) is 96.3 Å². The maximum absolute atomic E-state index is 13.1. The minimum absolute atomic E-state index is 0.0294. The lowest BCUT2D eigenvalue weighted by molar-refractivity contribution is -0.115. The lowest BCUT2D eigenvalue weighted by Gasteiger charge is -2.12. The van der Waals surface area contributed by atoms with Crippen LogP contribution in [-0.4, -0.2) is 26.8 Å². The molecule has 3 N–H and O–H groups in total. The Morgan fingerprint density at radius 2 is 1.85 bits per heavy atom. The van der Waals surface area contributed by atoms with Crippen molar-refractivity contribution in [2.45, 2.75) is 51.5 Å². The van der Waals surface area contributed by atoms with Crippen LogP contribution in [0.25, 0.3) is 11.3 Å². The first-order chi connectivity index (χ1) is 15.9. The zero-order valence-corrected chi connectivity index (χ0v) is 18.5. The number of benzene rings is 2. The standard InChI is InChI=1S/C25H27FN4O3/c1-2-24(32)28-19-11-12-20(23(31)13-19)21-14-22(17-5-3-4-6-17)30(29-21)25(33)27-15-16-7-9-18(26)10-8-16/h7-14,17,31H,2-6,15H2,1H3,(H,27,33)(H,28,32). The minimum atomic E-state index is -0.376. The summed E-state index contributed by atoms with van der Waals surface area (Å²) in [4.78, 5) is 24.6. The molecule has 1 aliphatic carbocycles. The molecule has 1 saturated carbocycles. The summed E-state index contributed by atoms with van der Waals surface area (Å²) in [6.45, 7) is 2.00. The lowest BCUT2D eigenvalue weighted by atomic mass is 10.0. The summed E-state index contributed by atoms with van der Waals surface area (Å²) in [5.74, 6) is -0.288. The van der Waals surface area contributed by atoms with E-state index in [1.54, 1.807) is 31.2 Å². The number of phenols is 1. The molecule has 1 aromatic heterocycles. The number of carbonyl (C=O) groups is 2. The predicted octanol–water partition coefficient (Wildman–Crippen LogP) is 5.16. The van der Waals surface area contributed by atoms with Crippen LogP contribution in [0.2, 0.25) is 0 Å². The van der Waals surface area contributed by atoms with Gasteiger partial charge in [0.1, 0.15) is 11.6 Å². The molecular weight excluding hydrogens is 423 g/mol. The van der Waals surface area contributed by atoms with Crippen molar-refractivity contribution in [2.24, 2.45) is 0 Å². The Labute approximate surface area is 191 Å². The molecule has 8 heteroatoms. The van der Waals surface area contributed by atoms with Gasteiger partial charge >= 0.3 is 6.03 Å². The first-order valence-electron chi connectivity index (χ1n) is 11.2. The predicted molar refractivity (Wildman–Crippen MR) is 123 cm³/mol. The summed E-state index contributed by atoms with van der Waals surface area (Å²) < 4.78 is 14.5. The number of phenolic OH excluding ortho intramolecular Hbond substituents is 1. The van der Waals surface area contributed by atoms with Crippen LogP contribution in [0.15, 0.2) is 48.5 Å². The number of aromatic nitrogens is 2. The van der Waals surface area contributed by atoms with E-state index in [1.165, 1.54) is 22.9 Å². The van der Waals surface area contributed by atoms with E-state index in [-0.39, 0.29) is 36.0 Å². The van der Waals surface area contributed by atoms with Gasteiger partial charge in [0.25, 0.3) is 0 Å². The molecule has 1 aliphatic rings. The number of nitrogens with one attached hydrogen (secondary N) is 2. The third kappa shape index (κ3) is 5.22. The van der Waals surface area contributed by atoms with E-state index in [0.29, 0.717) is 23.4 Å². The molecule has 0 bridgehead atoms. The van der Waals surface area contributed by atoms with Gasteiger partial charge in [0, 0.05) is 36.2 Å². The van der Waals surface area contributed by atoms with Crippen molar-refractivity contribution in [1.29, 1.82) is 0 Å². The highest BCUT2D eigenvalue weighted by molar-refractivity contribution is 5.91. The van der Waals surface area contributed by atoms with Gasteiger partial charge in [-0.3, -0.25) is 4.79 Å². The third-order valence-electron chi connectivity index (χ3n) is 5.94. The Bertz CT molecular complexity index is 1150. The van der Waals surface area contributed by atoms with Crippen LogP contribution in [0, 0.1) is 5.82 Å². The molecule has 0 unspecified atom stereocenters. The van der Waals surface area contributed by atoms with Crippen molar-refractivity contribution in [3.05, 3.63) is 65.6 Å². The Hall–Kier alpha value is -3.68. The second kappa shape index (κ2) is 9.85. The van der Waals surface area contributed by atoms with E-state index in [9.17, 15) is 19.1 Å². The number of aromatic hydroxyl groups is 1. The zero-order valence-electron chi connectivity index (χ0n) is 18.5. The van der Waals surface area contributed by atoms with E-state index in [1.807, 2.05) is 6.07 Å². The van der Waals surface area contributed by atoms with Crippen LogP contribution in [0.1, 0.15) is 56.2 Å². The van der Waals surface area contributed by atoms with E-state index < -0.39 is 0 Å². The summed E-state index contributed by atoms with van der Waals surface area (Å²) >= 11 is 0. The first kappa shape index (κ1) is 22.5. The first-order valence-corrected chi connectivity index (χ1v) is 11.2. The van der Waals surface area contributed by atoms with Crippen molar-refractivity contribution in [3.63, 3.8) is 0 Å². The quantitative estimate of drug-likeness (QED) is 0.483. The highest BCUT2D eigenvalue weighted by Crippen LogP contribution is 2.37. The molecule has 0 atom stereocenters. The van der Waals surface area contributed by atoms with Gasteiger partial charge in [0.05, 0.1) is 11.4 Å². The molecule has 1 heterocycles. The SMILES string of the molecule is CCC(=O)Nc1ccc(-c2cc(C3CCCC3)n(C(=O)NCc3ccc(F)cc3)n2)c(O)c1. The van der Waals surface area contributed by atoms with Gasteiger partial charge < -0.3 is 15.7 Å². The Morgan fingerprint density at radius 1 is 1.12 bits per heavy atom. The second-order valence-electron chi connectivity index (χ2n) is 8.27. The van der Waals surface area contributed by atoms with Crippen molar-refractivity contribution in [1.82, 2.24) is 15.1 Å². The monoisotopic (exact) mass is 450 g/mol. The zero-order chi connectivity index (χ0) is 23.4. The molecule has 0 aliphatic heterocycles. The smallest absolute Gasteiger partial charge is 0.342 e. The fraction of sp³-hybridized carbons (Fsp3) is 0.320.